The number of aromatic nitrogens is 4. The molecule has 2 N–H and O–H groups in total. The number of benzene rings is 1. The van der Waals surface area contributed by atoms with Gasteiger partial charge >= 0.3 is 5.69 Å². The van der Waals surface area contributed by atoms with Gasteiger partial charge in [-0.15, -0.1) is 0 Å². The summed E-state index contributed by atoms with van der Waals surface area (Å²) in [6.07, 6.45) is 2.52. The predicted molar refractivity (Wildman–Crippen MR) is 116 cm³/mol. The Morgan fingerprint density at radius 1 is 1.16 bits per heavy atom. The van der Waals surface area contributed by atoms with Crippen molar-refractivity contribution < 1.29 is 9.53 Å². The first-order valence-corrected chi connectivity index (χ1v) is 10.5. The van der Waals surface area contributed by atoms with E-state index in [2.05, 4.69) is 15.3 Å². The van der Waals surface area contributed by atoms with E-state index in [1.54, 1.807) is 7.05 Å². The van der Waals surface area contributed by atoms with Crippen molar-refractivity contribution in [3.8, 4) is 0 Å². The van der Waals surface area contributed by atoms with Crippen molar-refractivity contribution in [3.63, 3.8) is 0 Å². The molecule has 3 heterocycles. The van der Waals surface area contributed by atoms with Crippen molar-refractivity contribution in [1.82, 2.24) is 24.4 Å². The molecule has 1 amide bonds. The smallest absolute Gasteiger partial charge is 0.332 e. The number of rotatable bonds is 6. The van der Waals surface area contributed by atoms with Gasteiger partial charge in [0.05, 0.1) is 5.41 Å². The zero-order valence-electron chi connectivity index (χ0n) is 17.8. The van der Waals surface area contributed by atoms with Gasteiger partial charge in [-0.25, -0.2) is 9.78 Å². The first kappa shape index (κ1) is 21.0. The molecule has 164 valence electrons. The van der Waals surface area contributed by atoms with Gasteiger partial charge in [-0.05, 0) is 24.8 Å². The van der Waals surface area contributed by atoms with E-state index in [4.69, 9.17) is 4.74 Å². The monoisotopic (exact) mass is 425 g/mol. The minimum atomic E-state index is -0.566. The van der Waals surface area contributed by atoms with E-state index in [0.717, 1.165) is 10.1 Å². The Morgan fingerprint density at radius 3 is 2.58 bits per heavy atom. The highest BCUT2D eigenvalue weighted by Crippen LogP contribution is 2.35. The van der Waals surface area contributed by atoms with Gasteiger partial charge in [-0.1, -0.05) is 30.3 Å². The van der Waals surface area contributed by atoms with Gasteiger partial charge in [-0.3, -0.25) is 18.7 Å². The molecule has 0 radical (unpaired) electrons. The molecule has 9 heteroatoms. The summed E-state index contributed by atoms with van der Waals surface area (Å²) in [7, 11) is 3.03. The summed E-state index contributed by atoms with van der Waals surface area (Å²) in [4.78, 5) is 44.9. The lowest BCUT2D eigenvalue weighted by Gasteiger charge is -2.36. The quantitative estimate of drug-likeness (QED) is 0.567. The minimum absolute atomic E-state index is 0.0165. The van der Waals surface area contributed by atoms with E-state index in [1.807, 2.05) is 30.3 Å². The van der Waals surface area contributed by atoms with E-state index < -0.39 is 16.7 Å². The third-order valence-electron chi connectivity index (χ3n) is 6.13. The van der Waals surface area contributed by atoms with Crippen molar-refractivity contribution in [2.45, 2.75) is 31.1 Å². The average molecular weight is 425 g/mol. The predicted octanol–water partition coefficient (Wildman–Crippen LogP) is 0.758. The molecule has 4 rings (SSSR count). The maximum Gasteiger partial charge on any atom is 0.332 e. The van der Waals surface area contributed by atoms with Gasteiger partial charge in [0, 0.05) is 40.3 Å². The number of fused-ring (bicyclic) bond motifs is 1. The summed E-state index contributed by atoms with van der Waals surface area (Å²) >= 11 is 0. The molecule has 2 aromatic heterocycles. The number of amides is 1. The highest BCUT2D eigenvalue weighted by Gasteiger charge is 2.41. The number of carbonyl (C=O) groups is 1. The van der Waals surface area contributed by atoms with Gasteiger partial charge in [-0.2, -0.15) is 0 Å². The molecule has 0 atom stereocenters. The molecule has 3 aromatic rings. The molecule has 0 bridgehead atoms. The topological polar surface area (TPSA) is 111 Å². The number of carbonyl (C=O) groups excluding carboxylic acids is 1. The molecule has 1 aliphatic rings. The number of imidazole rings is 1. The molecule has 1 saturated heterocycles. The number of hydrogen-bond donors (Lipinski definition) is 2. The van der Waals surface area contributed by atoms with Crippen LogP contribution in [-0.2, 0) is 35.5 Å². The van der Waals surface area contributed by atoms with Crippen molar-refractivity contribution in [1.29, 1.82) is 0 Å². The van der Waals surface area contributed by atoms with E-state index in [9.17, 15) is 14.4 Å². The van der Waals surface area contributed by atoms with E-state index >= 15 is 0 Å². The molecular weight excluding hydrogens is 398 g/mol. The van der Waals surface area contributed by atoms with Crippen molar-refractivity contribution >= 4 is 17.1 Å². The zero-order chi connectivity index (χ0) is 22.0. The van der Waals surface area contributed by atoms with Crippen LogP contribution in [0, 0.1) is 0 Å². The standard InChI is InChI=1S/C22H27N5O4/c1-26-18-17(19(28)27(2)21(26)30)24-16(25-18)9-6-12-23-20(29)22(10-13-31-14-11-22)15-7-4-3-5-8-15/h3-5,7-8H,6,9-14H2,1-2H3,(H,23,29)(H,24,25). The molecule has 9 nitrogen and oxygen atoms in total. The van der Waals surface area contributed by atoms with E-state index in [-0.39, 0.29) is 5.91 Å². The Hall–Kier alpha value is -3.20. The molecule has 31 heavy (non-hydrogen) atoms. The number of H-pyrrole nitrogens is 1. The van der Waals surface area contributed by atoms with Gasteiger partial charge in [0.25, 0.3) is 5.56 Å². The Kier molecular flexibility index (Phi) is 5.77. The van der Waals surface area contributed by atoms with Gasteiger partial charge in [0.1, 0.15) is 11.3 Å². The normalized spacial score (nSPS) is 15.8. The lowest BCUT2D eigenvalue weighted by atomic mass is 9.73. The lowest BCUT2D eigenvalue weighted by Crippen LogP contribution is -2.48. The maximum atomic E-state index is 13.2. The number of ether oxygens (including phenoxy) is 1. The summed E-state index contributed by atoms with van der Waals surface area (Å²) in [6.45, 7) is 1.62. The van der Waals surface area contributed by atoms with Gasteiger partial charge < -0.3 is 15.0 Å². The fourth-order valence-corrected chi connectivity index (χ4v) is 4.24. The van der Waals surface area contributed by atoms with Crippen molar-refractivity contribution in [3.05, 3.63) is 62.6 Å². The molecule has 0 aliphatic carbocycles. The fraction of sp³-hybridized carbons (Fsp3) is 0.455. The van der Waals surface area contributed by atoms with Gasteiger partial charge in [0.15, 0.2) is 5.65 Å². The zero-order valence-corrected chi connectivity index (χ0v) is 17.8. The summed E-state index contributed by atoms with van der Waals surface area (Å²) in [5.41, 5.74) is 0.305. The van der Waals surface area contributed by atoms with Crippen LogP contribution in [0.3, 0.4) is 0 Å². The number of nitrogens with one attached hydrogen (secondary N) is 2. The Balaban J connectivity index is 1.43. The fourth-order valence-electron chi connectivity index (χ4n) is 4.24. The van der Waals surface area contributed by atoms with Crippen LogP contribution in [0.4, 0.5) is 0 Å². The first-order chi connectivity index (χ1) is 14.9. The van der Waals surface area contributed by atoms with Crippen LogP contribution in [0.2, 0.25) is 0 Å². The summed E-state index contributed by atoms with van der Waals surface area (Å²) in [5.74, 6) is 0.634. The Morgan fingerprint density at radius 2 is 1.87 bits per heavy atom. The number of aromatic amines is 1. The highest BCUT2D eigenvalue weighted by molar-refractivity contribution is 5.88. The van der Waals surface area contributed by atoms with E-state index in [1.165, 1.54) is 11.6 Å². The SMILES string of the molecule is Cn1c(=O)c2[nH]c(CCCNC(=O)C3(c4ccccc4)CCOCC3)nc2n(C)c1=O. The molecular formula is C22H27N5O4. The second-order valence-corrected chi connectivity index (χ2v) is 8.01. The van der Waals surface area contributed by atoms with Crippen LogP contribution in [0.25, 0.3) is 11.2 Å². The molecule has 1 fully saturated rings. The summed E-state index contributed by atoms with van der Waals surface area (Å²) in [6, 6.07) is 9.87. The van der Waals surface area contributed by atoms with Crippen LogP contribution in [0.5, 0.6) is 0 Å². The summed E-state index contributed by atoms with van der Waals surface area (Å²) < 4.78 is 7.91. The van der Waals surface area contributed by atoms with Crippen LogP contribution in [0.1, 0.15) is 30.7 Å². The third kappa shape index (κ3) is 3.81. The van der Waals surface area contributed by atoms with Crippen LogP contribution < -0.4 is 16.6 Å². The highest BCUT2D eigenvalue weighted by atomic mass is 16.5. The minimum Gasteiger partial charge on any atom is -0.381 e. The van der Waals surface area contributed by atoms with Crippen molar-refractivity contribution in [2.75, 3.05) is 19.8 Å². The van der Waals surface area contributed by atoms with E-state index in [0.29, 0.717) is 62.4 Å². The third-order valence-corrected chi connectivity index (χ3v) is 6.13. The molecule has 1 aliphatic heterocycles. The second kappa shape index (κ2) is 8.50. The number of nitrogens with zero attached hydrogens (tertiary/aromatic N) is 3. The molecule has 0 unspecified atom stereocenters. The van der Waals surface area contributed by atoms with Crippen molar-refractivity contribution in [2.24, 2.45) is 14.1 Å². The van der Waals surface area contributed by atoms with Crippen LogP contribution in [0.15, 0.2) is 39.9 Å². The number of hydrogen-bond acceptors (Lipinski definition) is 5. The second-order valence-electron chi connectivity index (χ2n) is 8.01. The molecule has 1 aromatic carbocycles. The van der Waals surface area contributed by atoms with Gasteiger partial charge in [0.2, 0.25) is 5.91 Å². The van der Waals surface area contributed by atoms with Crippen LogP contribution in [-0.4, -0.2) is 44.8 Å². The summed E-state index contributed by atoms with van der Waals surface area (Å²) in [5, 5.41) is 3.08. The molecule has 0 saturated carbocycles. The first-order valence-electron chi connectivity index (χ1n) is 10.5. The lowest BCUT2D eigenvalue weighted by molar-refractivity contribution is -0.130. The maximum absolute atomic E-state index is 13.2. The Labute approximate surface area is 179 Å². The molecule has 0 spiro atoms. The number of aryl methyl sites for hydroxylation is 2. The average Bonchev–Trinajstić information content (AvgIpc) is 3.24. The Bertz CT molecular complexity index is 1200. The largest absolute Gasteiger partial charge is 0.381 e. The van der Waals surface area contributed by atoms with Crippen LogP contribution >= 0.6 is 0 Å².